The van der Waals surface area contributed by atoms with Crippen LogP contribution in [0.4, 0.5) is 0 Å². The van der Waals surface area contributed by atoms with Crippen molar-refractivity contribution in [3.63, 3.8) is 0 Å². The number of hydrogen-bond donors (Lipinski definition) is 0. The normalized spacial score (nSPS) is 11.5. The van der Waals surface area contributed by atoms with Crippen molar-refractivity contribution in [2.45, 2.75) is 201 Å². The molecule has 1 aromatic rings. The van der Waals surface area contributed by atoms with Crippen LogP contribution in [0.2, 0.25) is 0 Å². The Bertz CT molecular complexity index is 896. The summed E-state index contributed by atoms with van der Waals surface area (Å²) in [5.41, 5.74) is 0. The Kier molecular flexibility index (Phi) is 36.7. The van der Waals surface area contributed by atoms with Crippen molar-refractivity contribution in [3.8, 4) is 0 Å². The summed E-state index contributed by atoms with van der Waals surface area (Å²) >= 11 is 3.77. The minimum atomic E-state index is -0.174. The standard InChI is InChI=1S/C44H83N3O4S2/c1-4-7-9-11-13-15-17-19-21-23-25-27-37-52-39-35-50-43(48)29-32-46(41-42-45-31-34-47(42)6-3)33-30-44(49)51-36-40-53-38-28-26-24-22-20-18-16-14-12-10-8-5-2/h31,34H,4-30,32-33,35-41H2,1-3H3. The van der Waals surface area contributed by atoms with E-state index >= 15 is 0 Å². The fourth-order valence-corrected chi connectivity index (χ4v) is 8.24. The Morgan fingerprint density at radius 2 is 0.943 bits per heavy atom. The fraction of sp³-hybridized carbons (Fsp3) is 0.886. The van der Waals surface area contributed by atoms with Crippen LogP contribution in [0.15, 0.2) is 12.4 Å². The van der Waals surface area contributed by atoms with Crippen molar-refractivity contribution >= 4 is 35.5 Å². The molecule has 0 aliphatic rings. The molecule has 0 bridgehead atoms. The lowest BCUT2D eigenvalue weighted by molar-refractivity contribution is -0.143. The molecule has 0 N–H and O–H groups in total. The summed E-state index contributed by atoms with van der Waals surface area (Å²) in [6.45, 7) is 10.1. The van der Waals surface area contributed by atoms with Gasteiger partial charge in [-0.1, -0.05) is 155 Å². The van der Waals surface area contributed by atoms with Gasteiger partial charge in [-0.2, -0.15) is 23.5 Å². The van der Waals surface area contributed by atoms with E-state index in [0.717, 1.165) is 35.4 Å². The maximum absolute atomic E-state index is 12.6. The van der Waals surface area contributed by atoms with Crippen LogP contribution < -0.4 is 0 Å². The first-order chi connectivity index (χ1) is 26.1. The van der Waals surface area contributed by atoms with E-state index in [4.69, 9.17) is 9.47 Å². The minimum absolute atomic E-state index is 0.174. The largest absolute Gasteiger partial charge is 0.465 e. The summed E-state index contributed by atoms with van der Waals surface area (Å²) in [5, 5.41) is 0. The van der Waals surface area contributed by atoms with Crippen LogP contribution in [-0.4, -0.2) is 75.7 Å². The van der Waals surface area contributed by atoms with Crippen LogP contribution in [0.3, 0.4) is 0 Å². The Morgan fingerprint density at radius 1 is 0.566 bits per heavy atom. The lowest BCUT2D eigenvalue weighted by atomic mass is 10.1. The second-order valence-electron chi connectivity index (χ2n) is 14.8. The van der Waals surface area contributed by atoms with E-state index in [2.05, 4.69) is 35.2 Å². The second kappa shape index (κ2) is 39.1. The van der Waals surface area contributed by atoms with Gasteiger partial charge in [0.05, 0.1) is 19.4 Å². The first kappa shape index (κ1) is 49.8. The van der Waals surface area contributed by atoms with Crippen LogP contribution in [0.1, 0.15) is 194 Å². The molecule has 1 rings (SSSR count). The zero-order valence-corrected chi connectivity index (χ0v) is 36.5. The van der Waals surface area contributed by atoms with Gasteiger partial charge in [0.2, 0.25) is 0 Å². The number of aromatic nitrogens is 2. The summed E-state index contributed by atoms with van der Waals surface area (Å²) in [7, 11) is 0. The molecule has 0 aromatic carbocycles. The number of carbonyl (C=O) groups is 2. The molecule has 7 nitrogen and oxygen atoms in total. The lowest BCUT2D eigenvalue weighted by Gasteiger charge is -2.21. The molecule has 310 valence electrons. The number of aryl methyl sites for hydroxylation is 1. The van der Waals surface area contributed by atoms with E-state index < -0.39 is 0 Å². The number of esters is 2. The number of thioether (sulfide) groups is 2. The molecule has 0 aliphatic heterocycles. The quantitative estimate of drug-likeness (QED) is 0.0480. The summed E-state index contributed by atoms with van der Waals surface area (Å²) in [5.74, 6) is 4.58. The highest BCUT2D eigenvalue weighted by molar-refractivity contribution is 7.99. The monoisotopic (exact) mass is 782 g/mol. The summed E-state index contributed by atoms with van der Waals surface area (Å²) in [6, 6.07) is 0. The average Bonchev–Trinajstić information content (AvgIpc) is 3.62. The summed E-state index contributed by atoms with van der Waals surface area (Å²) in [6.07, 6.45) is 37.3. The van der Waals surface area contributed by atoms with Gasteiger partial charge in [-0.3, -0.25) is 14.5 Å². The number of ether oxygens (including phenoxy) is 2. The van der Waals surface area contributed by atoms with Crippen LogP contribution in [-0.2, 0) is 32.2 Å². The summed E-state index contributed by atoms with van der Waals surface area (Å²) in [4.78, 5) is 31.8. The zero-order chi connectivity index (χ0) is 38.3. The van der Waals surface area contributed by atoms with Crippen molar-refractivity contribution in [1.82, 2.24) is 14.5 Å². The van der Waals surface area contributed by atoms with Gasteiger partial charge in [0.1, 0.15) is 19.0 Å². The predicted molar refractivity (Wildman–Crippen MR) is 231 cm³/mol. The molecule has 0 radical (unpaired) electrons. The molecule has 0 spiro atoms. The van der Waals surface area contributed by atoms with Crippen molar-refractivity contribution in [2.24, 2.45) is 0 Å². The first-order valence-electron chi connectivity index (χ1n) is 22.3. The fourth-order valence-electron chi connectivity index (χ4n) is 6.62. The van der Waals surface area contributed by atoms with E-state index in [1.165, 1.54) is 154 Å². The van der Waals surface area contributed by atoms with Gasteiger partial charge in [0, 0.05) is 43.5 Å². The summed E-state index contributed by atoms with van der Waals surface area (Å²) < 4.78 is 13.2. The van der Waals surface area contributed by atoms with Gasteiger partial charge in [-0.15, -0.1) is 0 Å². The number of nitrogens with zero attached hydrogens (tertiary/aromatic N) is 3. The second-order valence-corrected chi connectivity index (χ2v) is 17.3. The molecule has 0 saturated heterocycles. The smallest absolute Gasteiger partial charge is 0.307 e. The molecular weight excluding hydrogens is 699 g/mol. The van der Waals surface area contributed by atoms with Gasteiger partial charge >= 0.3 is 11.9 Å². The molecule has 1 aromatic heterocycles. The van der Waals surface area contributed by atoms with Crippen molar-refractivity contribution in [2.75, 3.05) is 49.3 Å². The van der Waals surface area contributed by atoms with Gasteiger partial charge in [-0.05, 0) is 31.3 Å². The first-order valence-corrected chi connectivity index (χ1v) is 24.6. The molecule has 1 heterocycles. The number of hydrogen-bond acceptors (Lipinski definition) is 8. The van der Waals surface area contributed by atoms with E-state index in [0.29, 0.717) is 45.7 Å². The lowest BCUT2D eigenvalue weighted by Crippen LogP contribution is -2.30. The number of rotatable bonds is 41. The number of unbranched alkanes of at least 4 members (excludes halogenated alkanes) is 22. The van der Waals surface area contributed by atoms with Crippen molar-refractivity contribution < 1.29 is 19.1 Å². The molecule has 53 heavy (non-hydrogen) atoms. The highest BCUT2D eigenvalue weighted by atomic mass is 32.2. The van der Waals surface area contributed by atoms with Crippen molar-refractivity contribution in [1.29, 1.82) is 0 Å². The van der Waals surface area contributed by atoms with Gasteiger partial charge in [0.25, 0.3) is 0 Å². The minimum Gasteiger partial charge on any atom is -0.465 e. The molecule has 0 atom stereocenters. The Balaban J connectivity index is 2.11. The molecule has 0 saturated carbocycles. The Morgan fingerprint density at radius 3 is 1.32 bits per heavy atom. The predicted octanol–water partition coefficient (Wildman–Crippen LogP) is 12.4. The maximum atomic E-state index is 12.6. The molecular formula is C44H83N3O4S2. The third kappa shape index (κ3) is 32.7. The highest BCUT2D eigenvalue weighted by Crippen LogP contribution is 2.15. The topological polar surface area (TPSA) is 73.7 Å². The molecule has 0 amide bonds. The van der Waals surface area contributed by atoms with Gasteiger partial charge < -0.3 is 14.0 Å². The molecule has 0 aliphatic carbocycles. The van der Waals surface area contributed by atoms with Crippen LogP contribution in [0.5, 0.6) is 0 Å². The van der Waals surface area contributed by atoms with Crippen molar-refractivity contribution in [3.05, 3.63) is 18.2 Å². The molecule has 0 fully saturated rings. The Labute approximate surface area is 336 Å². The highest BCUT2D eigenvalue weighted by Gasteiger charge is 2.15. The van der Waals surface area contributed by atoms with E-state index in [9.17, 15) is 9.59 Å². The average molecular weight is 782 g/mol. The van der Waals surface area contributed by atoms with Gasteiger partial charge in [0.15, 0.2) is 0 Å². The number of carbonyl (C=O) groups excluding carboxylic acids is 2. The SMILES string of the molecule is CCCCCCCCCCCCCCSCCOC(=O)CCN(CCC(=O)OCCSCCCCCCCCCCCCCC)Cc1nccn1CC. The molecule has 9 heteroatoms. The third-order valence-electron chi connectivity index (χ3n) is 10.0. The van der Waals surface area contributed by atoms with E-state index in [1.807, 2.05) is 35.9 Å². The van der Waals surface area contributed by atoms with Gasteiger partial charge in [-0.25, -0.2) is 4.98 Å². The molecule has 0 unspecified atom stereocenters. The van der Waals surface area contributed by atoms with E-state index in [1.54, 1.807) is 0 Å². The maximum Gasteiger partial charge on any atom is 0.307 e. The van der Waals surface area contributed by atoms with Crippen LogP contribution >= 0.6 is 23.5 Å². The third-order valence-corrected chi connectivity index (χ3v) is 12.1. The zero-order valence-electron chi connectivity index (χ0n) is 34.9. The van der Waals surface area contributed by atoms with E-state index in [-0.39, 0.29) is 11.9 Å². The van der Waals surface area contributed by atoms with Crippen LogP contribution in [0.25, 0.3) is 0 Å². The number of imidazole rings is 1. The van der Waals surface area contributed by atoms with Crippen LogP contribution in [0, 0.1) is 0 Å². The Hall–Kier alpha value is -1.19.